The zero-order chi connectivity index (χ0) is 8.55. The first-order valence-corrected chi connectivity index (χ1v) is 3.90. The van der Waals surface area contributed by atoms with Crippen molar-refractivity contribution in [1.82, 2.24) is 5.32 Å². The highest BCUT2D eigenvalue weighted by Gasteiger charge is 2.34. The molecule has 2 heterocycles. The molecule has 12 heavy (non-hydrogen) atoms. The number of fused-ring (bicyclic) bond motifs is 1. The highest BCUT2D eigenvalue weighted by atomic mass is 16.5. The van der Waals surface area contributed by atoms with E-state index in [1.165, 1.54) is 5.57 Å². The van der Waals surface area contributed by atoms with Crippen LogP contribution in [0.3, 0.4) is 0 Å². The normalized spacial score (nSPS) is 35.5. The van der Waals surface area contributed by atoms with Gasteiger partial charge in [-0.2, -0.15) is 0 Å². The summed E-state index contributed by atoms with van der Waals surface area (Å²) in [6.45, 7) is 2.03. The standard InChI is InChI=1S/C8H11N3O/c1-5-3-12-8-6(5)7(9-2)10-4-11-8/h3-4,6,8H,1-2H3,(H,9,10,11). The van der Waals surface area contributed by atoms with Gasteiger partial charge in [-0.1, -0.05) is 0 Å². The molecular formula is C8H11N3O. The van der Waals surface area contributed by atoms with Crippen molar-refractivity contribution in [1.29, 1.82) is 0 Å². The molecule has 64 valence electrons. The largest absolute Gasteiger partial charge is 0.475 e. The van der Waals surface area contributed by atoms with E-state index in [9.17, 15) is 0 Å². The molecule has 0 aromatic carbocycles. The minimum atomic E-state index is -0.0926. The SMILES string of the molecule is CN=C1NC=NC2OC=C(C)C12. The van der Waals surface area contributed by atoms with E-state index in [2.05, 4.69) is 15.3 Å². The molecule has 0 amide bonds. The topological polar surface area (TPSA) is 46.0 Å². The first-order valence-electron chi connectivity index (χ1n) is 3.90. The molecule has 0 bridgehead atoms. The quantitative estimate of drug-likeness (QED) is 0.569. The first-order chi connectivity index (χ1) is 5.83. The molecule has 0 radical (unpaired) electrons. The molecule has 4 nitrogen and oxygen atoms in total. The lowest BCUT2D eigenvalue weighted by atomic mass is 9.99. The number of nitrogens with one attached hydrogen (secondary N) is 1. The second-order valence-electron chi connectivity index (χ2n) is 2.90. The van der Waals surface area contributed by atoms with Crippen LogP contribution in [-0.2, 0) is 4.74 Å². The van der Waals surface area contributed by atoms with Gasteiger partial charge in [0.05, 0.1) is 18.5 Å². The van der Waals surface area contributed by atoms with Crippen molar-refractivity contribution in [2.75, 3.05) is 7.05 Å². The summed E-state index contributed by atoms with van der Waals surface area (Å²) in [7, 11) is 1.77. The first kappa shape index (κ1) is 7.34. The van der Waals surface area contributed by atoms with Gasteiger partial charge in [0.25, 0.3) is 0 Å². The number of nitrogens with zero attached hydrogens (tertiary/aromatic N) is 2. The summed E-state index contributed by atoms with van der Waals surface area (Å²) in [5.41, 5.74) is 1.17. The Morgan fingerprint density at radius 1 is 1.67 bits per heavy atom. The van der Waals surface area contributed by atoms with E-state index in [1.54, 1.807) is 19.6 Å². The number of amidine groups is 1. The molecule has 2 aliphatic heterocycles. The van der Waals surface area contributed by atoms with Crippen molar-refractivity contribution >= 4 is 12.2 Å². The maximum absolute atomic E-state index is 5.32. The lowest BCUT2D eigenvalue weighted by Gasteiger charge is -2.22. The van der Waals surface area contributed by atoms with Crippen LogP contribution in [0.4, 0.5) is 0 Å². The number of aliphatic imine (C=N–C) groups is 2. The Labute approximate surface area is 71.0 Å². The summed E-state index contributed by atoms with van der Waals surface area (Å²) < 4.78 is 5.32. The number of hydrogen-bond donors (Lipinski definition) is 1. The summed E-state index contributed by atoms with van der Waals surface area (Å²) in [6, 6.07) is 0. The van der Waals surface area contributed by atoms with Crippen molar-refractivity contribution < 1.29 is 4.74 Å². The second-order valence-corrected chi connectivity index (χ2v) is 2.90. The minimum absolute atomic E-state index is 0.0926. The number of rotatable bonds is 0. The Hall–Kier alpha value is -1.32. The Morgan fingerprint density at radius 3 is 3.25 bits per heavy atom. The van der Waals surface area contributed by atoms with E-state index in [1.807, 2.05) is 6.92 Å². The Balaban J connectivity index is 2.33. The fourth-order valence-electron chi connectivity index (χ4n) is 1.50. The molecule has 2 atom stereocenters. The summed E-state index contributed by atoms with van der Waals surface area (Å²) in [6.07, 6.45) is 3.30. The van der Waals surface area contributed by atoms with Crippen molar-refractivity contribution in [2.24, 2.45) is 15.9 Å². The van der Waals surface area contributed by atoms with E-state index < -0.39 is 0 Å². The summed E-state index contributed by atoms with van der Waals surface area (Å²) in [4.78, 5) is 8.28. The van der Waals surface area contributed by atoms with E-state index >= 15 is 0 Å². The van der Waals surface area contributed by atoms with Crippen LogP contribution in [-0.4, -0.2) is 25.4 Å². The molecule has 1 N–H and O–H groups in total. The highest BCUT2D eigenvalue weighted by Crippen LogP contribution is 2.27. The van der Waals surface area contributed by atoms with Crippen molar-refractivity contribution in [3.8, 4) is 0 Å². The van der Waals surface area contributed by atoms with Crippen LogP contribution in [0.15, 0.2) is 21.8 Å². The molecule has 2 aliphatic rings. The van der Waals surface area contributed by atoms with E-state index in [4.69, 9.17) is 4.74 Å². The van der Waals surface area contributed by atoms with Crippen molar-refractivity contribution in [3.05, 3.63) is 11.8 Å². The van der Waals surface area contributed by atoms with Crippen LogP contribution < -0.4 is 5.32 Å². The van der Waals surface area contributed by atoms with Gasteiger partial charge in [-0.25, -0.2) is 4.99 Å². The van der Waals surface area contributed by atoms with E-state index in [-0.39, 0.29) is 12.1 Å². The van der Waals surface area contributed by atoms with Gasteiger partial charge in [-0.15, -0.1) is 0 Å². The predicted octanol–water partition coefficient (Wildman–Crippen LogP) is 0.522. The second kappa shape index (κ2) is 2.62. The van der Waals surface area contributed by atoms with Crippen LogP contribution in [0.25, 0.3) is 0 Å². The third kappa shape index (κ3) is 0.913. The van der Waals surface area contributed by atoms with Crippen LogP contribution in [0.1, 0.15) is 6.92 Å². The monoisotopic (exact) mass is 165 g/mol. The molecular weight excluding hydrogens is 154 g/mol. The third-order valence-corrected chi connectivity index (χ3v) is 2.14. The molecule has 2 unspecified atom stereocenters. The third-order valence-electron chi connectivity index (χ3n) is 2.14. The van der Waals surface area contributed by atoms with Gasteiger partial charge in [0, 0.05) is 7.05 Å². The van der Waals surface area contributed by atoms with Crippen LogP contribution in [0.2, 0.25) is 0 Å². The summed E-state index contributed by atoms with van der Waals surface area (Å²) >= 11 is 0. The predicted molar refractivity (Wildman–Crippen MR) is 47.1 cm³/mol. The number of hydrogen-bond acceptors (Lipinski definition) is 3. The van der Waals surface area contributed by atoms with Gasteiger partial charge in [-0.3, -0.25) is 4.99 Å². The molecule has 0 spiro atoms. The van der Waals surface area contributed by atoms with E-state index in [0.29, 0.717) is 0 Å². The molecule has 2 rings (SSSR count). The van der Waals surface area contributed by atoms with Crippen molar-refractivity contribution in [2.45, 2.75) is 13.2 Å². The van der Waals surface area contributed by atoms with Crippen molar-refractivity contribution in [3.63, 3.8) is 0 Å². The zero-order valence-electron chi connectivity index (χ0n) is 7.11. The molecule has 4 heteroatoms. The van der Waals surface area contributed by atoms with Crippen LogP contribution in [0, 0.1) is 5.92 Å². The summed E-state index contributed by atoms with van der Waals surface area (Å²) in [5.74, 6) is 1.13. The van der Waals surface area contributed by atoms with Crippen LogP contribution >= 0.6 is 0 Å². The summed E-state index contributed by atoms with van der Waals surface area (Å²) in [5, 5.41) is 3.01. The molecule has 0 aromatic heterocycles. The average Bonchev–Trinajstić information content (AvgIpc) is 2.48. The smallest absolute Gasteiger partial charge is 0.204 e. The maximum atomic E-state index is 5.32. The van der Waals surface area contributed by atoms with Gasteiger partial charge in [-0.05, 0) is 12.5 Å². The Morgan fingerprint density at radius 2 is 2.50 bits per heavy atom. The fourth-order valence-corrected chi connectivity index (χ4v) is 1.50. The number of ether oxygens (including phenoxy) is 1. The Kier molecular flexibility index (Phi) is 1.60. The van der Waals surface area contributed by atoms with E-state index in [0.717, 1.165) is 5.84 Å². The average molecular weight is 165 g/mol. The molecule has 0 aromatic rings. The molecule has 0 aliphatic carbocycles. The van der Waals surface area contributed by atoms with Gasteiger partial charge in [0.1, 0.15) is 5.84 Å². The Bertz CT molecular complexity index is 280. The van der Waals surface area contributed by atoms with Gasteiger partial charge in [0.2, 0.25) is 6.23 Å². The zero-order valence-corrected chi connectivity index (χ0v) is 7.11. The van der Waals surface area contributed by atoms with Gasteiger partial charge < -0.3 is 10.1 Å². The molecule has 0 saturated heterocycles. The van der Waals surface area contributed by atoms with Crippen LogP contribution in [0.5, 0.6) is 0 Å². The van der Waals surface area contributed by atoms with Gasteiger partial charge >= 0.3 is 0 Å². The highest BCUT2D eigenvalue weighted by molar-refractivity contribution is 5.97. The molecule has 0 fully saturated rings. The minimum Gasteiger partial charge on any atom is -0.475 e. The fraction of sp³-hybridized carbons (Fsp3) is 0.500. The van der Waals surface area contributed by atoms with Gasteiger partial charge in [0.15, 0.2) is 0 Å². The lowest BCUT2D eigenvalue weighted by molar-refractivity contribution is 0.160. The lowest BCUT2D eigenvalue weighted by Crippen LogP contribution is -2.40. The molecule has 0 saturated carbocycles. The maximum Gasteiger partial charge on any atom is 0.204 e.